The van der Waals surface area contributed by atoms with Crippen LogP contribution in [0.15, 0.2) is 36.4 Å². The average Bonchev–Trinajstić information content (AvgIpc) is 2.20. The first-order valence-electron chi connectivity index (χ1n) is 5.94. The van der Waals surface area contributed by atoms with Crippen LogP contribution in [-0.2, 0) is 12.8 Å². The van der Waals surface area contributed by atoms with Crippen LogP contribution in [0.25, 0.3) is 0 Å². The zero-order valence-corrected chi connectivity index (χ0v) is 10.1. The highest BCUT2D eigenvalue weighted by molar-refractivity contribution is 5.25. The average molecular weight is 202 g/mol. The van der Waals surface area contributed by atoms with Crippen molar-refractivity contribution in [1.82, 2.24) is 0 Å². The van der Waals surface area contributed by atoms with Crippen molar-refractivity contribution in [1.29, 1.82) is 0 Å². The number of hydrogen-bond donors (Lipinski definition) is 0. The molecule has 0 saturated heterocycles. The Balaban J connectivity index is 2.45. The van der Waals surface area contributed by atoms with Crippen molar-refractivity contribution in [3.05, 3.63) is 47.5 Å². The quantitative estimate of drug-likeness (QED) is 0.469. The van der Waals surface area contributed by atoms with Crippen LogP contribution in [0.5, 0.6) is 0 Å². The van der Waals surface area contributed by atoms with Crippen molar-refractivity contribution in [3.8, 4) is 0 Å². The summed E-state index contributed by atoms with van der Waals surface area (Å²) in [7, 11) is 0. The van der Waals surface area contributed by atoms with E-state index < -0.39 is 0 Å². The first-order chi connectivity index (χ1) is 7.22. The molecular weight excluding hydrogens is 180 g/mol. The topological polar surface area (TPSA) is 0 Å². The molecule has 1 aromatic carbocycles. The van der Waals surface area contributed by atoms with Crippen LogP contribution in [0.1, 0.15) is 44.2 Å². The molecule has 15 heavy (non-hydrogen) atoms. The standard InChI is InChI=1S/C15H22/c1-4-5-6-7-14-8-10-15(11-9-14)12-13(2)3/h8-11H,2,4-7,12H2,1,3H3. The maximum atomic E-state index is 3.93. The molecule has 0 saturated carbocycles. The zero-order chi connectivity index (χ0) is 11.1. The number of benzene rings is 1. The summed E-state index contributed by atoms with van der Waals surface area (Å²) in [4.78, 5) is 0. The van der Waals surface area contributed by atoms with Crippen molar-refractivity contribution in [2.24, 2.45) is 0 Å². The van der Waals surface area contributed by atoms with Gasteiger partial charge in [-0.2, -0.15) is 0 Å². The molecule has 0 fully saturated rings. The van der Waals surface area contributed by atoms with E-state index in [1.54, 1.807) is 0 Å². The van der Waals surface area contributed by atoms with Crippen molar-refractivity contribution in [2.45, 2.75) is 46.0 Å². The van der Waals surface area contributed by atoms with E-state index in [0.717, 1.165) is 6.42 Å². The maximum Gasteiger partial charge on any atom is -0.00726 e. The lowest BCUT2D eigenvalue weighted by molar-refractivity contribution is 0.717. The van der Waals surface area contributed by atoms with Gasteiger partial charge in [-0.1, -0.05) is 56.2 Å². The Morgan fingerprint density at radius 1 is 1.07 bits per heavy atom. The summed E-state index contributed by atoms with van der Waals surface area (Å²) < 4.78 is 0. The molecule has 0 atom stereocenters. The normalized spacial score (nSPS) is 10.3. The Morgan fingerprint density at radius 3 is 2.20 bits per heavy atom. The molecule has 0 heterocycles. The lowest BCUT2D eigenvalue weighted by atomic mass is 10.0. The Morgan fingerprint density at radius 2 is 1.67 bits per heavy atom. The first-order valence-corrected chi connectivity index (χ1v) is 5.94. The van der Waals surface area contributed by atoms with Gasteiger partial charge in [0.2, 0.25) is 0 Å². The van der Waals surface area contributed by atoms with Crippen LogP contribution in [0.4, 0.5) is 0 Å². The van der Waals surface area contributed by atoms with E-state index in [-0.39, 0.29) is 0 Å². The van der Waals surface area contributed by atoms with E-state index >= 15 is 0 Å². The minimum absolute atomic E-state index is 1.01. The van der Waals surface area contributed by atoms with Crippen LogP contribution in [0.3, 0.4) is 0 Å². The van der Waals surface area contributed by atoms with Gasteiger partial charge in [-0.3, -0.25) is 0 Å². The van der Waals surface area contributed by atoms with Crippen molar-refractivity contribution in [3.63, 3.8) is 0 Å². The van der Waals surface area contributed by atoms with Gasteiger partial charge in [0.1, 0.15) is 0 Å². The monoisotopic (exact) mass is 202 g/mol. The van der Waals surface area contributed by atoms with Crippen molar-refractivity contribution >= 4 is 0 Å². The second-order valence-corrected chi connectivity index (χ2v) is 4.41. The van der Waals surface area contributed by atoms with E-state index in [1.165, 1.54) is 42.4 Å². The van der Waals surface area contributed by atoms with Gasteiger partial charge in [-0.15, -0.1) is 0 Å². The molecule has 0 heteroatoms. The van der Waals surface area contributed by atoms with Crippen LogP contribution >= 0.6 is 0 Å². The fourth-order valence-electron chi connectivity index (χ4n) is 1.75. The molecule has 0 aliphatic carbocycles. The van der Waals surface area contributed by atoms with E-state index in [4.69, 9.17) is 0 Å². The van der Waals surface area contributed by atoms with Crippen LogP contribution < -0.4 is 0 Å². The Hall–Kier alpha value is -1.04. The number of hydrogen-bond acceptors (Lipinski definition) is 0. The summed E-state index contributed by atoms with van der Waals surface area (Å²) in [6, 6.07) is 8.98. The van der Waals surface area contributed by atoms with Crippen molar-refractivity contribution < 1.29 is 0 Å². The van der Waals surface area contributed by atoms with E-state index in [9.17, 15) is 0 Å². The first kappa shape index (κ1) is 12.0. The summed E-state index contributed by atoms with van der Waals surface area (Å²) >= 11 is 0. The van der Waals surface area contributed by atoms with Gasteiger partial charge in [0.05, 0.1) is 0 Å². The van der Waals surface area contributed by atoms with Crippen molar-refractivity contribution in [2.75, 3.05) is 0 Å². The lowest BCUT2D eigenvalue weighted by Gasteiger charge is -2.03. The molecule has 0 aromatic heterocycles. The van der Waals surface area contributed by atoms with E-state index in [2.05, 4.69) is 44.7 Å². The largest absolute Gasteiger partial charge is 0.0998 e. The highest BCUT2D eigenvalue weighted by Crippen LogP contribution is 2.11. The third-order valence-corrected chi connectivity index (χ3v) is 2.60. The summed E-state index contributed by atoms with van der Waals surface area (Å²) in [5, 5.41) is 0. The second-order valence-electron chi connectivity index (χ2n) is 4.41. The molecular formula is C15H22. The smallest absolute Gasteiger partial charge is 0.00726 e. The van der Waals surface area contributed by atoms with Gasteiger partial charge in [0, 0.05) is 0 Å². The highest BCUT2D eigenvalue weighted by Gasteiger charge is 1.95. The molecule has 0 nitrogen and oxygen atoms in total. The van der Waals surface area contributed by atoms with Crippen LogP contribution in [-0.4, -0.2) is 0 Å². The zero-order valence-electron chi connectivity index (χ0n) is 10.1. The van der Waals surface area contributed by atoms with Gasteiger partial charge in [-0.25, -0.2) is 0 Å². The number of allylic oxidation sites excluding steroid dienone is 1. The Kier molecular flexibility index (Phi) is 5.17. The fourth-order valence-corrected chi connectivity index (χ4v) is 1.75. The molecule has 0 aliphatic heterocycles. The molecule has 1 rings (SSSR count). The predicted molar refractivity (Wildman–Crippen MR) is 68.2 cm³/mol. The van der Waals surface area contributed by atoms with E-state index in [1.807, 2.05) is 0 Å². The fraction of sp³-hybridized carbons (Fsp3) is 0.467. The second kappa shape index (κ2) is 6.44. The van der Waals surface area contributed by atoms with Crippen LogP contribution in [0, 0.1) is 0 Å². The molecule has 0 aliphatic rings. The predicted octanol–water partition coefficient (Wildman–Crippen LogP) is 4.54. The highest BCUT2D eigenvalue weighted by atomic mass is 14.0. The Bertz CT molecular complexity index is 292. The Labute approximate surface area is 94.0 Å². The lowest BCUT2D eigenvalue weighted by Crippen LogP contribution is -1.88. The summed E-state index contributed by atoms with van der Waals surface area (Å²) in [5.74, 6) is 0. The van der Waals surface area contributed by atoms with Crippen LogP contribution in [0.2, 0.25) is 0 Å². The van der Waals surface area contributed by atoms with Gasteiger partial charge in [0.25, 0.3) is 0 Å². The number of aryl methyl sites for hydroxylation is 1. The van der Waals surface area contributed by atoms with Gasteiger partial charge >= 0.3 is 0 Å². The minimum atomic E-state index is 1.01. The van der Waals surface area contributed by atoms with Gasteiger partial charge in [-0.05, 0) is 37.3 Å². The molecule has 0 spiro atoms. The maximum absolute atomic E-state index is 3.93. The third-order valence-electron chi connectivity index (χ3n) is 2.60. The van der Waals surface area contributed by atoms with E-state index in [0.29, 0.717) is 0 Å². The molecule has 0 bridgehead atoms. The number of rotatable bonds is 6. The summed E-state index contributed by atoms with van der Waals surface area (Å²) in [5.41, 5.74) is 4.07. The summed E-state index contributed by atoms with van der Waals surface area (Å²) in [6.45, 7) is 8.26. The molecule has 1 aromatic rings. The SMILES string of the molecule is C=C(C)Cc1ccc(CCCCC)cc1. The number of unbranched alkanes of at least 4 members (excludes halogenated alkanes) is 2. The molecule has 0 N–H and O–H groups in total. The molecule has 82 valence electrons. The van der Waals surface area contributed by atoms with Gasteiger partial charge in [0.15, 0.2) is 0 Å². The third kappa shape index (κ3) is 4.83. The van der Waals surface area contributed by atoms with Gasteiger partial charge < -0.3 is 0 Å². The summed E-state index contributed by atoms with van der Waals surface area (Å²) in [6.07, 6.45) is 6.19. The molecule has 0 radical (unpaired) electrons. The molecule has 0 amide bonds. The molecule has 0 unspecified atom stereocenters. The minimum Gasteiger partial charge on any atom is -0.0998 e.